The summed E-state index contributed by atoms with van der Waals surface area (Å²) in [5.41, 5.74) is -1.61. The molecule has 2 atom stereocenters. The monoisotopic (exact) mass is 216 g/mol. The highest BCUT2D eigenvalue weighted by Crippen LogP contribution is 2.19. The summed E-state index contributed by atoms with van der Waals surface area (Å²) in [5, 5.41) is 35.7. The van der Waals surface area contributed by atoms with Crippen LogP contribution in [0.5, 0.6) is 5.88 Å². The molecule has 0 saturated heterocycles. The number of aliphatic carboxylic acids is 1. The van der Waals surface area contributed by atoms with E-state index in [4.69, 9.17) is 15.3 Å². The van der Waals surface area contributed by atoms with Crippen LogP contribution in [0.1, 0.15) is 11.7 Å². The van der Waals surface area contributed by atoms with Crippen molar-refractivity contribution in [1.29, 1.82) is 0 Å². The summed E-state index contributed by atoms with van der Waals surface area (Å²) in [4.78, 5) is 26.7. The van der Waals surface area contributed by atoms with Crippen molar-refractivity contribution in [3.05, 3.63) is 22.2 Å². The molecule has 0 bridgehead atoms. The Bertz CT molecular complexity index is 428. The van der Waals surface area contributed by atoms with E-state index in [2.05, 4.69) is 4.98 Å². The number of nitrogens with one attached hydrogen (secondary N) is 1. The Morgan fingerprint density at radius 2 is 2.07 bits per heavy atom. The fraction of sp³-hybridized carbons (Fsp3) is 0.286. The second-order valence-corrected chi connectivity index (χ2v) is 2.70. The largest absolute Gasteiger partial charge is 0.493 e. The third-order valence-corrected chi connectivity index (χ3v) is 1.72. The average molecular weight is 216 g/mol. The molecule has 0 spiro atoms. The Kier molecular flexibility index (Phi) is 3.02. The fourth-order valence-corrected chi connectivity index (χ4v) is 0.960. The molecule has 0 aliphatic carbocycles. The van der Waals surface area contributed by atoms with E-state index in [1.54, 1.807) is 0 Å². The molecule has 0 fully saturated rings. The third-order valence-electron chi connectivity index (χ3n) is 1.72. The van der Waals surface area contributed by atoms with Crippen LogP contribution in [-0.4, -0.2) is 42.5 Å². The Balaban J connectivity index is 3.16. The predicted molar refractivity (Wildman–Crippen MR) is 45.1 cm³/mol. The zero-order chi connectivity index (χ0) is 11.6. The quantitative estimate of drug-likeness (QED) is 0.391. The molecule has 82 valence electrons. The van der Waals surface area contributed by atoms with Crippen LogP contribution in [-0.2, 0) is 4.79 Å². The van der Waals surface area contributed by atoms with Crippen LogP contribution in [0.2, 0.25) is 0 Å². The van der Waals surface area contributed by atoms with Gasteiger partial charge in [0.25, 0.3) is 5.56 Å². The minimum Gasteiger partial charge on any atom is -0.493 e. The Hall–Kier alpha value is -1.93. The smallest absolute Gasteiger partial charge is 0.335 e. The van der Waals surface area contributed by atoms with Gasteiger partial charge in [0.1, 0.15) is 11.7 Å². The van der Waals surface area contributed by atoms with Gasteiger partial charge in [-0.15, -0.1) is 0 Å². The molecule has 1 aromatic heterocycles. The lowest BCUT2D eigenvalue weighted by atomic mass is 10.1. The van der Waals surface area contributed by atoms with Crippen molar-refractivity contribution in [2.75, 3.05) is 0 Å². The molecule has 1 aromatic rings. The summed E-state index contributed by atoms with van der Waals surface area (Å²) in [7, 11) is 0. The molecule has 2 unspecified atom stereocenters. The number of aromatic hydroxyl groups is 1. The van der Waals surface area contributed by atoms with Gasteiger partial charge in [0, 0.05) is 0 Å². The molecule has 0 amide bonds. The topological polar surface area (TPSA) is 144 Å². The summed E-state index contributed by atoms with van der Waals surface area (Å²) in [6.07, 6.45) is -3.37. The number of rotatable bonds is 3. The number of hydrogen-bond donors (Lipinski definition) is 5. The van der Waals surface area contributed by atoms with Gasteiger partial charge in [-0.1, -0.05) is 0 Å². The van der Waals surface area contributed by atoms with E-state index in [-0.39, 0.29) is 0 Å². The zero-order valence-corrected chi connectivity index (χ0v) is 7.28. The first-order valence-corrected chi connectivity index (χ1v) is 3.80. The molecule has 5 N–H and O–H groups in total. The van der Waals surface area contributed by atoms with Gasteiger partial charge in [0.05, 0.1) is 6.33 Å². The minimum absolute atomic E-state index is 0.688. The normalized spacial score (nSPS) is 14.5. The first-order valence-electron chi connectivity index (χ1n) is 3.80. The van der Waals surface area contributed by atoms with E-state index in [1.807, 2.05) is 4.98 Å². The summed E-state index contributed by atoms with van der Waals surface area (Å²) < 4.78 is 0. The van der Waals surface area contributed by atoms with Crippen LogP contribution in [0, 0.1) is 0 Å². The van der Waals surface area contributed by atoms with Crippen LogP contribution in [0.25, 0.3) is 0 Å². The number of aliphatic hydroxyl groups excluding tert-OH is 2. The van der Waals surface area contributed by atoms with Crippen molar-refractivity contribution < 1.29 is 25.2 Å². The van der Waals surface area contributed by atoms with Gasteiger partial charge in [-0.3, -0.25) is 4.79 Å². The van der Waals surface area contributed by atoms with Crippen molar-refractivity contribution >= 4 is 5.97 Å². The van der Waals surface area contributed by atoms with Gasteiger partial charge in [0.2, 0.25) is 5.88 Å². The number of hydrogen-bond acceptors (Lipinski definition) is 6. The molecule has 0 saturated carbocycles. The van der Waals surface area contributed by atoms with Crippen molar-refractivity contribution in [1.82, 2.24) is 9.97 Å². The Labute approximate surface area is 82.5 Å². The summed E-state index contributed by atoms with van der Waals surface area (Å²) in [6, 6.07) is 0. The van der Waals surface area contributed by atoms with Crippen LogP contribution in [0.15, 0.2) is 11.1 Å². The number of aliphatic hydroxyl groups is 2. The Morgan fingerprint density at radius 1 is 1.47 bits per heavy atom. The van der Waals surface area contributed by atoms with E-state index >= 15 is 0 Å². The highest BCUT2D eigenvalue weighted by Gasteiger charge is 2.30. The lowest BCUT2D eigenvalue weighted by molar-refractivity contribution is -0.153. The first-order chi connectivity index (χ1) is 6.95. The van der Waals surface area contributed by atoms with Crippen LogP contribution in [0.4, 0.5) is 0 Å². The second kappa shape index (κ2) is 4.07. The summed E-state index contributed by atoms with van der Waals surface area (Å²) >= 11 is 0. The maximum atomic E-state index is 11.1. The number of nitrogens with zero attached hydrogens (tertiary/aromatic N) is 1. The molecule has 0 aromatic carbocycles. The average Bonchev–Trinajstić information content (AvgIpc) is 2.15. The molecule has 15 heavy (non-hydrogen) atoms. The van der Waals surface area contributed by atoms with Crippen molar-refractivity contribution in [2.24, 2.45) is 0 Å². The lowest BCUT2D eigenvalue weighted by Gasteiger charge is -2.13. The van der Waals surface area contributed by atoms with Crippen molar-refractivity contribution in [3.63, 3.8) is 0 Å². The molecule has 8 heteroatoms. The maximum absolute atomic E-state index is 11.1. The maximum Gasteiger partial charge on any atom is 0.335 e. The zero-order valence-electron chi connectivity index (χ0n) is 7.28. The summed E-state index contributed by atoms with van der Waals surface area (Å²) in [5.74, 6) is -2.54. The van der Waals surface area contributed by atoms with Gasteiger partial charge in [-0.2, -0.15) is 0 Å². The second-order valence-electron chi connectivity index (χ2n) is 2.70. The number of H-pyrrole nitrogens is 1. The standard InChI is InChI=1S/C7H8N2O6/c10-3(4(11)7(14)15)2-5(12)8-1-9-6(2)13/h1,3-4,10-11H,(H,14,15)(H2,8,9,12,13). The van der Waals surface area contributed by atoms with E-state index < -0.39 is 35.2 Å². The van der Waals surface area contributed by atoms with E-state index in [0.717, 1.165) is 6.33 Å². The van der Waals surface area contributed by atoms with Gasteiger partial charge >= 0.3 is 5.97 Å². The number of carboxylic acid groups (broad SMARTS) is 1. The minimum atomic E-state index is -2.21. The van der Waals surface area contributed by atoms with Gasteiger partial charge in [-0.25, -0.2) is 9.78 Å². The number of carboxylic acids is 1. The molecule has 0 radical (unpaired) electrons. The van der Waals surface area contributed by atoms with E-state index in [0.29, 0.717) is 0 Å². The Morgan fingerprint density at radius 3 is 2.53 bits per heavy atom. The molecular formula is C7H8N2O6. The van der Waals surface area contributed by atoms with Crippen molar-refractivity contribution in [3.8, 4) is 5.88 Å². The third kappa shape index (κ3) is 2.11. The van der Waals surface area contributed by atoms with E-state index in [9.17, 15) is 14.7 Å². The van der Waals surface area contributed by atoms with Crippen LogP contribution >= 0.6 is 0 Å². The van der Waals surface area contributed by atoms with Crippen LogP contribution < -0.4 is 5.56 Å². The molecule has 8 nitrogen and oxygen atoms in total. The molecule has 1 heterocycles. The molecule has 1 rings (SSSR count). The number of carbonyl (C=O) groups is 1. The molecule has 0 aliphatic heterocycles. The highest BCUT2D eigenvalue weighted by molar-refractivity contribution is 5.73. The fourth-order valence-electron chi connectivity index (χ4n) is 0.960. The molecular weight excluding hydrogens is 208 g/mol. The van der Waals surface area contributed by atoms with Gasteiger partial charge in [0.15, 0.2) is 6.10 Å². The van der Waals surface area contributed by atoms with Crippen molar-refractivity contribution in [2.45, 2.75) is 12.2 Å². The van der Waals surface area contributed by atoms with Crippen LogP contribution in [0.3, 0.4) is 0 Å². The lowest BCUT2D eigenvalue weighted by Crippen LogP contribution is -2.31. The predicted octanol–water partition coefficient (Wildman–Crippen LogP) is -2.05. The SMILES string of the molecule is O=C(O)C(O)C(O)c1c(O)nc[nH]c1=O. The van der Waals surface area contributed by atoms with Gasteiger partial charge < -0.3 is 25.4 Å². The highest BCUT2D eigenvalue weighted by atomic mass is 16.4. The molecule has 0 aliphatic rings. The summed E-state index contributed by atoms with van der Waals surface area (Å²) in [6.45, 7) is 0. The first kappa shape index (κ1) is 11.1. The van der Waals surface area contributed by atoms with Gasteiger partial charge in [-0.05, 0) is 0 Å². The number of aromatic amines is 1. The number of aromatic nitrogens is 2. The van der Waals surface area contributed by atoms with E-state index in [1.165, 1.54) is 0 Å².